The Bertz CT molecular complexity index is 659. The molecule has 10 heteroatoms. The summed E-state index contributed by atoms with van der Waals surface area (Å²) in [6.07, 6.45) is 0. The van der Waals surface area contributed by atoms with Gasteiger partial charge in [0, 0.05) is 11.8 Å². The van der Waals surface area contributed by atoms with Gasteiger partial charge in [-0.1, -0.05) is 12.1 Å². The molecule has 108 valence electrons. The Hall–Kier alpha value is -1.65. The normalized spacial score (nSPS) is 19.9. The molecule has 1 fully saturated rings. The molecule has 0 saturated carbocycles. The van der Waals surface area contributed by atoms with Crippen LogP contribution in [0.4, 0.5) is 5.69 Å². The zero-order valence-corrected chi connectivity index (χ0v) is 11.6. The van der Waals surface area contributed by atoms with E-state index in [2.05, 4.69) is 0 Å². The number of benzene rings is 1. The first kappa shape index (κ1) is 14.8. The number of nitrogens with zero attached hydrogens (tertiary/aromatic N) is 2. The predicted octanol–water partition coefficient (Wildman–Crippen LogP) is 0.743. The van der Waals surface area contributed by atoms with Gasteiger partial charge in [-0.05, 0) is 6.07 Å². The van der Waals surface area contributed by atoms with Crippen molar-refractivity contribution in [3.05, 3.63) is 34.4 Å². The van der Waals surface area contributed by atoms with Crippen LogP contribution in [0, 0.1) is 10.1 Å². The summed E-state index contributed by atoms with van der Waals surface area (Å²) in [7, 11) is -4.22. The molecule has 1 heterocycles. The summed E-state index contributed by atoms with van der Waals surface area (Å²) < 4.78 is 25.6. The van der Waals surface area contributed by atoms with Crippen LogP contribution >= 0.6 is 11.8 Å². The summed E-state index contributed by atoms with van der Waals surface area (Å²) in [4.78, 5) is 20.7. The third kappa shape index (κ3) is 2.49. The fraction of sp³-hybridized carbons (Fsp3) is 0.300. The summed E-state index contributed by atoms with van der Waals surface area (Å²) in [5.74, 6) is -1.18. The Morgan fingerprint density at radius 1 is 1.45 bits per heavy atom. The second-order valence-corrected chi connectivity index (χ2v) is 6.83. The number of thioether (sulfide) groups is 1. The predicted molar refractivity (Wildman–Crippen MR) is 70.9 cm³/mol. The standard InChI is InChI=1S/C10H10N2O6S2/c13-10(14)8-5-19-6-11(8)20(17,18)9-4-2-1-3-7(9)12(15)16/h1-4,8H,5-6H2,(H,13,14)/t8-/m0/s1. The van der Waals surface area contributed by atoms with Crippen LogP contribution in [0.1, 0.15) is 0 Å². The number of nitro benzene ring substituents is 1. The molecule has 1 aliphatic rings. The minimum atomic E-state index is -4.22. The van der Waals surface area contributed by atoms with E-state index in [4.69, 9.17) is 5.11 Å². The molecule has 0 unspecified atom stereocenters. The van der Waals surface area contributed by atoms with E-state index in [-0.39, 0.29) is 11.6 Å². The number of sulfonamides is 1. The Morgan fingerprint density at radius 2 is 2.10 bits per heavy atom. The van der Waals surface area contributed by atoms with Crippen LogP contribution in [-0.2, 0) is 14.8 Å². The van der Waals surface area contributed by atoms with Crippen molar-refractivity contribution < 1.29 is 23.2 Å². The fourth-order valence-electron chi connectivity index (χ4n) is 1.81. The summed E-state index contributed by atoms with van der Waals surface area (Å²) >= 11 is 1.15. The summed E-state index contributed by atoms with van der Waals surface area (Å²) in [6, 6.07) is 3.69. The third-order valence-corrected chi connectivity index (χ3v) is 5.85. The Kier molecular flexibility index (Phi) is 3.97. The van der Waals surface area contributed by atoms with Crippen molar-refractivity contribution in [3.8, 4) is 0 Å². The maximum Gasteiger partial charge on any atom is 0.322 e. The highest BCUT2D eigenvalue weighted by atomic mass is 32.2. The van der Waals surface area contributed by atoms with E-state index >= 15 is 0 Å². The van der Waals surface area contributed by atoms with Gasteiger partial charge >= 0.3 is 5.97 Å². The monoisotopic (exact) mass is 318 g/mol. The average molecular weight is 318 g/mol. The molecule has 1 atom stereocenters. The van der Waals surface area contributed by atoms with Gasteiger partial charge in [0.1, 0.15) is 6.04 Å². The molecular formula is C10H10N2O6S2. The van der Waals surface area contributed by atoms with Gasteiger partial charge in [-0.3, -0.25) is 14.9 Å². The van der Waals surface area contributed by atoms with E-state index in [1.54, 1.807) is 0 Å². The van der Waals surface area contributed by atoms with Gasteiger partial charge in [-0.15, -0.1) is 11.8 Å². The minimum absolute atomic E-state index is 0.0364. The first-order valence-corrected chi connectivity index (χ1v) is 8.01. The molecule has 1 saturated heterocycles. The van der Waals surface area contributed by atoms with Crippen molar-refractivity contribution in [2.75, 3.05) is 11.6 Å². The number of aliphatic carboxylic acids is 1. The van der Waals surface area contributed by atoms with Crippen LogP contribution in [-0.4, -0.2) is 46.4 Å². The molecule has 20 heavy (non-hydrogen) atoms. The van der Waals surface area contributed by atoms with Crippen molar-refractivity contribution in [1.29, 1.82) is 0 Å². The zero-order chi connectivity index (χ0) is 14.9. The van der Waals surface area contributed by atoms with Crippen LogP contribution in [0.3, 0.4) is 0 Å². The Labute approximate surface area is 118 Å². The van der Waals surface area contributed by atoms with E-state index in [0.717, 1.165) is 28.2 Å². The lowest BCUT2D eigenvalue weighted by atomic mass is 10.3. The topological polar surface area (TPSA) is 118 Å². The molecule has 0 amide bonds. The van der Waals surface area contributed by atoms with Crippen LogP contribution in [0.15, 0.2) is 29.2 Å². The Balaban J connectivity index is 2.51. The van der Waals surface area contributed by atoms with Gasteiger partial charge in [0.2, 0.25) is 0 Å². The maximum absolute atomic E-state index is 12.4. The number of carbonyl (C=O) groups is 1. The van der Waals surface area contributed by atoms with Gasteiger partial charge < -0.3 is 5.11 Å². The summed E-state index contributed by atoms with van der Waals surface area (Å²) in [6.45, 7) is 0. The molecule has 2 rings (SSSR count). The smallest absolute Gasteiger partial charge is 0.322 e. The van der Waals surface area contributed by atoms with Gasteiger partial charge in [0.25, 0.3) is 15.7 Å². The molecule has 1 aliphatic heterocycles. The van der Waals surface area contributed by atoms with Crippen molar-refractivity contribution in [1.82, 2.24) is 4.31 Å². The van der Waals surface area contributed by atoms with Crippen LogP contribution < -0.4 is 0 Å². The van der Waals surface area contributed by atoms with E-state index in [1.807, 2.05) is 0 Å². The first-order valence-electron chi connectivity index (χ1n) is 5.41. The lowest BCUT2D eigenvalue weighted by molar-refractivity contribution is -0.387. The minimum Gasteiger partial charge on any atom is -0.480 e. The molecule has 1 aromatic carbocycles. The average Bonchev–Trinajstić information content (AvgIpc) is 2.88. The lowest BCUT2D eigenvalue weighted by Crippen LogP contribution is -2.41. The van der Waals surface area contributed by atoms with Crippen molar-refractivity contribution in [2.24, 2.45) is 0 Å². The van der Waals surface area contributed by atoms with E-state index in [9.17, 15) is 23.3 Å². The second kappa shape index (κ2) is 5.38. The van der Waals surface area contributed by atoms with Crippen LogP contribution in [0.2, 0.25) is 0 Å². The van der Waals surface area contributed by atoms with Crippen molar-refractivity contribution in [3.63, 3.8) is 0 Å². The number of rotatable bonds is 4. The van der Waals surface area contributed by atoms with E-state index in [0.29, 0.717) is 0 Å². The number of carboxylic acids is 1. The molecule has 0 spiro atoms. The lowest BCUT2D eigenvalue weighted by Gasteiger charge is -2.19. The van der Waals surface area contributed by atoms with Gasteiger partial charge in [-0.2, -0.15) is 4.31 Å². The van der Waals surface area contributed by atoms with Crippen LogP contribution in [0.25, 0.3) is 0 Å². The number of hydrogen-bond donors (Lipinski definition) is 1. The summed E-state index contributed by atoms with van der Waals surface area (Å²) in [5, 5.41) is 19.9. The van der Waals surface area contributed by atoms with Crippen LogP contribution in [0.5, 0.6) is 0 Å². The zero-order valence-electron chi connectivity index (χ0n) is 10.0. The Morgan fingerprint density at radius 3 is 2.70 bits per heavy atom. The third-order valence-electron chi connectivity index (χ3n) is 2.78. The molecule has 0 radical (unpaired) electrons. The quantitative estimate of drug-likeness (QED) is 0.642. The van der Waals surface area contributed by atoms with Gasteiger partial charge in [0.15, 0.2) is 4.90 Å². The largest absolute Gasteiger partial charge is 0.480 e. The first-order chi connectivity index (χ1) is 9.35. The molecule has 0 bridgehead atoms. The highest BCUT2D eigenvalue weighted by Gasteiger charge is 2.42. The number of para-hydroxylation sites is 1. The molecule has 0 aliphatic carbocycles. The number of carboxylic acid groups (broad SMARTS) is 1. The maximum atomic E-state index is 12.4. The van der Waals surface area contributed by atoms with Gasteiger partial charge in [-0.25, -0.2) is 8.42 Å². The number of hydrogen-bond acceptors (Lipinski definition) is 6. The highest BCUT2D eigenvalue weighted by Crippen LogP contribution is 2.32. The molecule has 1 N–H and O–H groups in total. The summed E-state index contributed by atoms with van der Waals surface area (Å²) in [5.41, 5.74) is -0.562. The molecule has 0 aromatic heterocycles. The highest BCUT2D eigenvalue weighted by molar-refractivity contribution is 8.00. The van der Waals surface area contributed by atoms with Gasteiger partial charge in [0.05, 0.1) is 10.8 Å². The van der Waals surface area contributed by atoms with Crippen molar-refractivity contribution >= 4 is 33.4 Å². The molecule has 8 nitrogen and oxygen atoms in total. The van der Waals surface area contributed by atoms with E-state index < -0.39 is 37.5 Å². The fourth-order valence-corrected chi connectivity index (χ4v) is 5.11. The molecular weight excluding hydrogens is 308 g/mol. The number of nitro groups is 1. The second-order valence-electron chi connectivity index (χ2n) is 3.97. The van der Waals surface area contributed by atoms with Crippen molar-refractivity contribution in [2.45, 2.75) is 10.9 Å². The molecule has 1 aromatic rings. The van der Waals surface area contributed by atoms with E-state index in [1.165, 1.54) is 12.1 Å². The SMILES string of the molecule is O=C(O)[C@@H]1CSCN1S(=O)(=O)c1ccccc1[N+](=O)[O-].